The van der Waals surface area contributed by atoms with E-state index >= 15 is 0 Å². The monoisotopic (exact) mass is 322 g/mol. The molecule has 0 aliphatic rings. The molecule has 0 unspecified atom stereocenters. The Kier molecular flexibility index (Phi) is 4.59. The highest BCUT2D eigenvalue weighted by molar-refractivity contribution is 5.85. The molecule has 0 atom stereocenters. The lowest BCUT2D eigenvalue weighted by molar-refractivity contribution is 0.617. The number of rotatable bonds is 2. The third kappa shape index (κ3) is 2.61. The second kappa shape index (κ2) is 6.25. The average molecular weight is 323 g/mol. The fraction of sp³-hybridized carbons (Fsp3) is 0.0625. The Labute approximate surface area is 131 Å². The zero-order valence-corrected chi connectivity index (χ0v) is 12.2. The zero-order chi connectivity index (χ0) is 15.0. The molecule has 1 heterocycles. The van der Waals surface area contributed by atoms with E-state index in [9.17, 15) is 13.6 Å². The number of halogens is 3. The summed E-state index contributed by atoms with van der Waals surface area (Å²) in [6.07, 6.45) is 1.46. The summed E-state index contributed by atoms with van der Waals surface area (Å²) in [5, 5.41) is 0.308. The van der Waals surface area contributed by atoms with E-state index in [0.29, 0.717) is 16.5 Å². The highest BCUT2D eigenvalue weighted by Gasteiger charge is 2.12. The predicted molar refractivity (Wildman–Crippen MR) is 84.6 cm³/mol. The maximum absolute atomic E-state index is 14.0. The SMILES string of the molecule is Cl.NCc1cn(-c2ccccc2F)c2cc(F)ccc2c1=O. The Bertz CT molecular complexity index is 893. The van der Waals surface area contributed by atoms with Crippen molar-refractivity contribution in [1.82, 2.24) is 4.57 Å². The first-order valence-electron chi connectivity index (χ1n) is 6.40. The van der Waals surface area contributed by atoms with Crippen LogP contribution in [0.3, 0.4) is 0 Å². The second-order valence-corrected chi connectivity index (χ2v) is 4.67. The first-order chi connectivity index (χ1) is 10.1. The van der Waals surface area contributed by atoms with Gasteiger partial charge in [0.1, 0.15) is 11.6 Å². The van der Waals surface area contributed by atoms with Gasteiger partial charge in [0.15, 0.2) is 5.43 Å². The molecule has 3 rings (SSSR count). The molecule has 6 heteroatoms. The van der Waals surface area contributed by atoms with Crippen molar-refractivity contribution >= 4 is 23.3 Å². The minimum atomic E-state index is -0.493. The number of hydrogen-bond donors (Lipinski definition) is 1. The van der Waals surface area contributed by atoms with Gasteiger partial charge in [-0.1, -0.05) is 12.1 Å². The number of nitrogens with zero attached hydrogens (tertiary/aromatic N) is 1. The molecule has 3 aromatic rings. The molecule has 0 aliphatic heterocycles. The zero-order valence-electron chi connectivity index (χ0n) is 11.4. The Hall–Kier alpha value is -2.24. The van der Waals surface area contributed by atoms with Crippen LogP contribution in [0.25, 0.3) is 16.6 Å². The standard InChI is InChI=1S/C16H12F2N2O.ClH/c17-11-5-6-12-15(7-11)20(9-10(8-19)16(12)21)14-4-2-1-3-13(14)18;/h1-7,9H,8,19H2;1H. The molecule has 22 heavy (non-hydrogen) atoms. The molecule has 0 radical (unpaired) electrons. The molecule has 2 N–H and O–H groups in total. The van der Waals surface area contributed by atoms with Crippen LogP contribution in [0.1, 0.15) is 5.56 Å². The van der Waals surface area contributed by atoms with Crippen molar-refractivity contribution in [3.63, 3.8) is 0 Å². The molecule has 1 aromatic heterocycles. The largest absolute Gasteiger partial charge is 0.326 e. The van der Waals surface area contributed by atoms with Gasteiger partial charge in [0.25, 0.3) is 0 Å². The quantitative estimate of drug-likeness (QED) is 0.788. The van der Waals surface area contributed by atoms with Gasteiger partial charge in [-0.2, -0.15) is 0 Å². The van der Waals surface area contributed by atoms with Crippen molar-refractivity contribution in [2.45, 2.75) is 6.54 Å². The molecular formula is C16H13ClF2N2O. The van der Waals surface area contributed by atoms with Crippen LogP contribution in [0.15, 0.2) is 53.5 Å². The first kappa shape index (κ1) is 16.1. The summed E-state index contributed by atoms with van der Waals surface area (Å²) in [5.74, 6) is -0.956. The molecule has 0 aliphatic carbocycles. The highest BCUT2D eigenvalue weighted by atomic mass is 35.5. The number of pyridine rings is 1. The highest BCUT2D eigenvalue weighted by Crippen LogP contribution is 2.20. The van der Waals surface area contributed by atoms with E-state index in [1.165, 1.54) is 35.0 Å². The van der Waals surface area contributed by atoms with E-state index in [1.807, 2.05) is 0 Å². The lowest BCUT2D eigenvalue weighted by atomic mass is 10.1. The topological polar surface area (TPSA) is 48.0 Å². The fourth-order valence-electron chi connectivity index (χ4n) is 2.34. The van der Waals surface area contributed by atoms with Crippen LogP contribution in [-0.2, 0) is 6.54 Å². The van der Waals surface area contributed by atoms with Crippen molar-refractivity contribution in [3.05, 3.63) is 76.1 Å². The Morgan fingerprint density at radius 1 is 1.09 bits per heavy atom. The van der Waals surface area contributed by atoms with Crippen LogP contribution in [-0.4, -0.2) is 4.57 Å². The fourth-order valence-corrected chi connectivity index (χ4v) is 2.34. The number of aromatic nitrogens is 1. The Morgan fingerprint density at radius 2 is 1.82 bits per heavy atom. The summed E-state index contributed by atoms with van der Waals surface area (Å²) in [5.41, 5.74) is 6.20. The van der Waals surface area contributed by atoms with Crippen LogP contribution in [0.2, 0.25) is 0 Å². The first-order valence-corrected chi connectivity index (χ1v) is 6.40. The summed E-state index contributed by atoms with van der Waals surface area (Å²) in [4.78, 5) is 12.2. The third-order valence-electron chi connectivity index (χ3n) is 3.37. The van der Waals surface area contributed by atoms with E-state index < -0.39 is 11.6 Å². The van der Waals surface area contributed by atoms with Crippen molar-refractivity contribution < 1.29 is 8.78 Å². The molecule has 0 spiro atoms. The van der Waals surface area contributed by atoms with E-state index in [0.717, 1.165) is 0 Å². The van der Waals surface area contributed by atoms with Crippen LogP contribution in [0.4, 0.5) is 8.78 Å². The summed E-state index contributed by atoms with van der Waals surface area (Å²) in [7, 11) is 0. The van der Waals surface area contributed by atoms with Crippen molar-refractivity contribution in [1.29, 1.82) is 0 Å². The second-order valence-electron chi connectivity index (χ2n) is 4.67. The van der Waals surface area contributed by atoms with Gasteiger partial charge >= 0.3 is 0 Å². The van der Waals surface area contributed by atoms with Gasteiger partial charge in [-0.15, -0.1) is 12.4 Å². The number of hydrogen-bond acceptors (Lipinski definition) is 2. The molecule has 0 bridgehead atoms. The molecule has 0 saturated carbocycles. The van der Waals surface area contributed by atoms with Gasteiger partial charge in [-0.05, 0) is 30.3 Å². The summed E-state index contributed by atoms with van der Waals surface area (Å²) in [6, 6.07) is 9.91. The maximum atomic E-state index is 14.0. The molecule has 0 amide bonds. The summed E-state index contributed by atoms with van der Waals surface area (Å²) in [6.45, 7) is 0.0284. The molecule has 3 nitrogen and oxygen atoms in total. The van der Waals surface area contributed by atoms with Gasteiger partial charge in [0.05, 0.1) is 11.2 Å². The van der Waals surface area contributed by atoms with Gasteiger partial charge in [0.2, 0.25) is 0 Å². The van der Waals surface area contributed by atoms with Gasteiger partial charge in [-0.3, -0.25) is 4.79 Å². The molecular weight excluding hydrogens is 310 g/mol. The number of para-hydroxylation sites is 1. The molecule has 114 valence electrons. The number of fused-ring (bicyclic) bond motifs is 1. The lowest BCUT2D eigenvalue weighted by Crippen LogP contribution is -2.17. The van der Waals surface area contributed by atoms with Crippen LogP contribution < -0.4 is 11.2 Å². The number of nitrogens with two attached hydrogens (primary N) is 1. The van der Waals surface area contributed by atoms with Gasteiger partial charge in [0, 0.05) is 23.7 Å². The number of benzene rings is 2. The van der Waals surface area contributed by atoms with Crippen LogP contribution >= 0.6 is 12.4 Å². The van der Waals surface area contributed by atoms with Crippen LogP contribution in [0.5, 0.6) is 0 Å². The Morgan fingerprint density at radius 3 is 2.50 bits per heavy atom. The van der Waals surface area contributed by atoms with Crippen molar-refractivity contribution in [2.24, 2.45) is 5.73 Å². The van der Waals surface area contributed by atoms with Gasteiger partial charge < -0.3 is 10.3 Å². The predicted octanol–water partition coefficient (Wildman–Crippen LogP) is 3.15. The van der Waals surface area contributed by atoms with Crippen LogP contribution in [0, 0.1) is 11.6 Å². The Balaban J connectivity index is 0.00000176. The third-order valence-corrected chi connectivity index (χ3v) is 3.37. The minimum Gasteiger partial charge on any atom is -0.326 e. The van der Waals surface area contributed by atoms with E-state index in [1.54, 1.807) is 18.2 Å². The maximum Gasteiger partial charge on any atom is 0.193 e. The molecule has 0 saturated heterocycles. The minimum absolute atomic E-state index is 0. The summed E-state index contributed by atoms with van der Waals surface area (Å²) >= 11 is 0. The van der Waals surface area contributed by atoms with E-state index in [2.05, 4.69) is 0 Å². The van der Waals surface area contributed by atoms with Gasteiger partial charge in [-0.25, -0.2) is 8.78 Å². The van der Waals surface area contributed by atoms with E-state index in [4.69, 9.17) is 5.73 Å². The molecule has 0 fully saturated rings. The normalized spacial score (nSPS) is 10.5. The molecule has 2 aromatic carbocycles. The van der Waals surface area contributed by atoms with Crippen molar-refractivity contribution in [2.75, 3.05) is 0 Å². The van der Waals surface area contributed by atoms with E-state index in [-0.39, 0.29) is 30.1 Å². The smallest absolute Gasteiger partial charge is 0.193 e. The summed E-state index contributed by atoms with van der Waals surface area (Å²) < 4.78 is 29.0. The average Bonchev–Trinajstić information content (AvgIpc) is 2.48. The van der Waals surface area contributed by atoms with Crippen molar-refractivity contribution in [3.8, 4) is 5.69 Å². The lowest BCUT2D eigenvalue weighted by Gasteiger charge is -2.13.